The topological polar surface area (TPSA) is 27.7 Å². The Morgan fingerprint density at radius 2 is 0.646 bits per heavy atom. The Kier molecular flexibility index (Phi) is 14.4. The Morgan fingerprint density at radius 3 is 0.969 bits per heavy atom. The maximum atomic E-state index is 7.98. The molecule has 0 aliphatic carbocycles. The summed E-state index contributed by atoms with van der Waals surface area (Å²) in [5, 5.41) is 0. The maximum Gasteiger partial charge on any atom is 0.127 e. The molecule has 0 aromatic heterocycles. The molecular weight excluding hydrogens is 793 g/mol. The van der Waals surface area contributed by atoms with Crippen molar-refractivity contribution in [3.63, 3.8) is 0 Å². The zero-order chi connectivity index (χ0) is 47.6. The molecule has 0 radical (unpaired) electrons. The van der Waals surface area contributed by atoms with Crippen LogP contribution in [0, 0.1) is 0 Å². The summed E-state index contributed by atoms with van der Waals surface area (Å²) in [6.45, 7) is 37.5. The van der Waals surface area contributed by atoms with Crippen LogP contribution in [0.2, 0.25) is 0 Å². The van der Waals surface area contributed by atoms with E-state index in [1.54, 1.807) is 0 Å². The lowest BCUT2D eigenvalue weighted by Gasteiger charge is -2.44. The third kappa shape index (κ3) is 12.2. The first-order valence-electron chi connectivity index (χ1n) is 23.8. The quantitative estimate of drug-likeness (QED) is 0.109. The molecule has 3 heteroatoms. The van der Waals surface area contributed by atoms with E-state index < -0.39 is 10.8 Å². The van der Waals surface area contributed by atoms with Crippen molar-refractivity contribution in [3.8, 4) is 23.0 Å². The molecule has 0 saturated heterocycles. The molecule has 0 amide bonds. The number of hydrogen-bond donors (Lipinski definition) is 0. The third-order valence-electron chi connectivity index (χ3n) is 13.3. The van der Waals surface area contributed by atoms with E-state index in [0.29, 0.717) is 12.8 Å². The summed E-state index contributed by atoms with van der Waals surface area (Å²) in [6.07, 6.45) is 0.911. The van der Waals surface area contributed by atoms with Gasteiger partial charge >= 0.3 is 0 Å². The highest BCUT2D eigenvalue weighted by Crippen LogP contribution is 2.44. The second-order valence-corrected chi connectivity index (χ2v) is 23.6. The van der Waals surface area contributed by atoms with E-state index in [-0.39, 0.29) is 33.9 Å². The normalized spacial score (nSPS) is 13.9. The van der Waals surface area contributed by atoms with E-state index in [0.717, 1.165) is 23.0 Å². The van der Waals surface area contributed by atoms with E-state index in [4.69, 9.17) is 14.2 Å². The molecule has 0 spiro atoms. The standard InChI is InChI=1S/C62H78O3/c1-57(2,3)51-35-33-45(41-53(51)59(7,8)9)61(13,14)55(39-43-25-23-31-49(37-43)63-47-27-19-17-20-28-47)65-56(40-44-26-24-32-50(38-44)64-48-29-21-18-22-30-48)62(15,16)46-34-36-52(58(4,5)6)54(42-46)60(10,11)12/h17-38,41-42,55-56H,39-40H2,1-16H3. The Bertz CT molecular complexity index is 2320. The van der Waals surface area contributed by atoms with Crippen LogP contribution in [0.5, 0.6) is 23.0 Å². The molecule has 6 aromatic rings. The van der Waals surface area contributed by atoms with E-state index in [1.807, 2.05) is 72.8 Å². The molecule has 0 aliphatic rings. The van der Waals surface area contributed by atoms with Crippen LogP contribution in [-0.4, -0.2) is 12.2 Å². The number of hydrogen-bond acceptors (Lipinski definition) is 3. The Morgan fingerprint density at radius 1 is 0.323 bits per heavy atom. The lowest BCUT2D eigenvalue weighted by Crippen LogP contribution is -2.47. The Balaban J connectivity index is 1.51. The monoisotopic (exact) mass is 871 g/mol. The van der Waals surface area contributed by atoms with E-state index >= 15 is 0 Å². The summed E-state index contributed by atoms with van der Waals surface area (Å²) in [4.78, 5) is 0. The van der Waals surface area contributed by atoms with Crippen molar-refractivity contribution >= 4 is 0 Å². The minimum absolute atomic E-state index is 0.00269. The number of rotatable bonds is 14. The molecule has 0 bridgehead atoms. The van der Waals surface area contributed by atoms with Crippen LogP contribution in [-0.2, 0) is 50.1 Å². The van der Waals surface area contributed by atoms with Gasteiger partial charge in [-0.3, -0.25) is 0 Å². The summed E-state index contributed by atoms with van der Waals surface area (Å²) in [5.41, 5.74) is 9.51. The van der Waals surface area contributed by atoms with Crippen LogP contribution in [0.15, 0.2) is 146 Å². The van der Waals surface area contributed by atoms with Crippen molar-refractivity contribution in [3.05, 3.63) is 190 Å². The van der Waals surface area contributed by atoms with Gasteiger partial charge in [0.1, 0.15) is 23.0 Å². The molecule has 2 atom stereocenters. The van der Waals surface area contributed by atoms with Gasteiger partial charge in [-0.2, -0.15) is 0 Å². The lowest BCUT2D eigenvalue weighted by molar-refractivity contribution is -0.0753. The second kappa shape index (κ2) is 19.0. The van der Waals surface area contributed by atoms with Crippen LogP contribution in [0.4, 0.5) is 0 Å². The van der Waals surface area contributed by atoms with Crippen LogP contribution >= 0.6 is 0 Å². The average molecular weight is 871 g/mol. The van der Waals surface area contributed by atoms with Gasteiger partial charge < -0.3 is 14.2 Å². The summed E-state index contributed by atoms with van der Waals surface area (Å²) in [7, 11) is 0. The van der Waals surface area contributed by atoms with Gasteiger partial charge in [-0.25, -0.2) is 0 Å². The molecule has 0 heterocycles. The molecule has 0 saturated carbocycles. The number of ether oxygens (including phenoxy) is 3. The molecule has 6 rings (SSSR count). The SMILES string of the molecule is CC(C)(C)c1ccc(C(C)(C)C(Cc2cccc(Oc3ccccc3)c2)OC(Cc2cccc(Oc3ccccc3)c2)C(C)(C)c2ccc(C(C)(C)C)c(C(C)(C)C)c2)cc1C(C)(C)C. The van der Waals surface area contributed by atoms with Gasteiger partial charge in [0.25, 0.3) is 0 Å². The molecule has 6 aromatic carbocycles. The molecular formula is C62H78O3. The molecule has 3 nitrogen and oxygen atoms in total. The van der Waals surface area contributed by atoms with Crippen molar-refractivity contribution < 1.29 is 14.2 Å². The van der Waals surface area contributed by atoms with Crippen molar-refractivity contribution in [1.82, 2.24) is 0 Å². The largest absolute Gasteiger partial charge is 0.457 e. The average Bonchev–Trinajstić information content (AvgIpc) is 3.22. The maximum absolute atomic E-state index is 7.98. The van der Waals surface area contributed by atoms with Gasteiger partial charge in [-0.05, 0) is 128 Å². The first-order chi connectivity index (χ1) is 30.2. The van der Waals surface area contributed by atoms with Gasteiger partial charge in [0.15, 0.2) is 0 Å². The summed E-state index contributed by atoms with van der Waals surface area (Å²) in [6, 6.07) is 51.7. The predicted octanol–water partition coefficient (Wildman–Crippen LogP) is 17.0. The van der Waals surface area contributed by atoms with Crippen LogP contribution in [0.1, 0.15) is 155 Å². The number of para-hydroxylation sites is 2. The smallest absolute Gasteiger partial charge is 0.127 e. The molecule has 0 N–H and O–H groups in total. The third-order valence-corrected chi connectivity index (χ3v) is 13.3. The molecule has 0 fully saturated rings. The molecule has 2 unspecified atom stereocenters. The molecule has 65 heavy (non-hydrogen) atoms. The van der Waals surface area contributed by atoms with Gasteiger partial charge in [-0.15, -0.1) is 0 Å². The summed E-state index contributed by atoms with van der Waals surface area (Å²) < 4.78 is 20.8. The van der Waals surface area contributed by atoms with Crippen molar-refractivity contribution in [2.24, 2.45) is 0 Å². The second-order valence-electron chi connectivity index (χ2n) is 23.6. The van der Waals surface area contributed by atoms with Crippen molar-refractivity contribution in [2.75, 3.05) is 0 Å². The zero-order valence-corrected chi connectivity index (χ0v) is 42.7. The van der Waals surface area contributed by atoms with Gasteiger partial charge in [0.2, 0.25) is 0 Å². The van der Waals surface area contributed by atoms with Gasteiger partial charge in [0.05, 0.1) is 12.2 Å². The number of benzene rings is 6. The van der Waals surface area contributed by atoms with E-state index in [1.165, 1.54) is 44.5 Å². The van der Waals surface area contributed by atoms with E-state index in [2.05, 4.69) is 184 Å². The van der Waals surface area contributed by atoms with E-state index in [9.17, 15) is 0 Å². The minimum Gasteiger partial charge on any atom is -0.457 e. The van der Waals surface area contributed by atoms with Crippen molar-refractivity contribution in [1.29, 1.82) is 0 Å². The van der Waals surface area contributed by atoms with Crippen LogP contribution < -0.4 is 9.47 Å². The summed E-state index contributed by atoms with van der Waals surface area (Å²) >= 11 is 0. The predicted molar refractivity (Wildman–Crippen MR) is 276 cm³/mol. The fraction of sp³-hybridized carbons (Fsp3) is 0.419. The highest BCUT2D eigenvalue weighted by Gasteiger charge is 2.41. The van der Waals surface area contributed by atoms with Crippen LogP contribution in [0.3, 0.4) is 0 Å². The fourth-order valence-electron chi connectivity index (χ4n) is 9.11. The van der Waals surface area contributed by atoms with Gasteiger partial charge in [0, 0.05) is 10.8 Å². The first kappa shape index (κ1) is 49.3. The highest BCUT2D eigenvalue weighted by molar-refractivity contribution is 5.46. The van der Waals surface area contributed by atoms with Crippen LogP contribution in [0.25, 0.3) is 0 Å². The first-order valence-corrected chi connectivity index (χ1v) is 23.8. The van der Waals surface area contributed by atoms with Crippen molar-refractivity contribution in [2.45, 2.75) is 168 Å². The lowest BCUT2D eigenvalue weighted by atomic mass is 9.69. The molecule has 0 aliphatic heterocycles. The Hall–Kier alpha value is -5.12. The van der Waals surface area contributed by atoms with Gasteiger partial charge in [-0.1, -0.05) is 208 Å². The summed E-state index contributed by atoms with van der Waals surface area (Å²) in [5.74, 6) is 3.27. The zero-order valence-electron chi connectivity index (χ0n) is 42.7. The minimum atomic E-state index is -0.411. The Labute approximate surface area is 394 Å². The fourth-order valence-corrected chi connectivity index (χ4v) is 9.11. The molecule has 344 valence electrons. The highest BCUT2D eigenvalue weighted by atomic mass is 16.5.